The Morgan fingerprint density at radius 2 is 2.21 bits per heavy atom. The van der Waals surface area contributed by atoms with Crippen molar-refractivity contribution in [2.24, 2.45) is 5.73 Å². The Hall–Kier alpha value is -1.76. The zero-order valence-corrected chi connectivity index (χ0v) is 14.8. The van der Waals surface area contributed by atoms with Gasteiger partial charge in [0, 0.05) is 43.4 Å². The number of nitrogens with two attached hydrogens (primary N) is 1. The van der Waals surface area contributed by atoms with Crippen molar-refractivity contribution in [3.05, 3.63) is 46.5 Å². The van der Waals surface area contributed by atoms with E-state index in [1.165, 1.54) is 10.4 Å². The standard InChI is InChI=1S/C18H24N4OS/c1-13(19)7-8-17(23)21-18-20-15-9-10-22(12-16(15)24-18)11-14-5-3-2-4-6-14/h2-6,13H,7-12,19H2,1H3,(H,20,21,23). The van der Waals surface area contributed by atoms with Gasteiger partial charge in [-0.2, -0.15) is 0 Å². The summed E-state index contributed by atoms with van der Waals surface area (Å²) in [4.78, 5) is 20.2. The minimum Gasteiger partial charge on any atom is -0.328 e. The van der Waals surface area contributed by atoms with E-state index in [-0.39, 0.29) is 11.9 Å². The highest BCUT2D eigenvalue weighted by atomic mass is 32.1. The maximum Gasteiger partial charge on any atom is 0.226 e. The number of rotatable bonds is 6. The lowest BCUT2D eigenvalue weighted by Gasteiger charge is -2.25. The molecule has 1 atom stereocenters. The van der Waals surface area contributed by atoms with Crippen LogP contribution in [0.3, 0.4) is 0 Å². The van der Waals surface area contributed by atoms with Gasteiger partial charge in [-0.05, 0) is 18.9 Å². The molecule has 24 heavy (non-hydrogen) atoms. The lowest BCUT2D eigenvalue weighted by molar-refractivity contribution is -0.116. The van der Waals surface area contributed by atoms with E-state index in [4.69, 9.17) is 5.73 Å². The van der Waals surface area contributed by atoms with Crippen LogP contribution < -0.4 is 11.1 Å². The van der Waals surface area contributed by atoms with Gasteiger partial charge in [0.15, 0.2) is 5.13 Å². The molecular formula is C18H24N4OS. The van der Waals surface area contributed by atoms with Crippen LogP contribution in [0.4, 0.5) is 5.13 Å². The Morgan fingerprint density at radius 1 is 1.42 bits per heavy atom. The van der Waals surface area contributed by atoms with E-state index >= 15 is 0 Å². The molecule has 2 aromatic rings. The van der Waals surface area contributed by atoms with Crippen LogP contribution in [0.5, 0.6) is 0 Å². The molecule has 6 heteroatoms. The third-order valence-corrected chi connectivity index (χ3v) is 5.13. The molecule has 1 aliphatic rings. The zero-order valence-electron chi connectivity index (χ0n) is 14.0. The molecule has 1 aliphatic heterocycles. The monoisotopic (exact) mass is 344 g/mol. The second-order valence-corrected chi connectivity index (χ2v) is 7.48. The molecule has 1 aromatic carbocycles. The van der Waals surface area contributed by atoms with Gasteiger partial charge in [-0.3, -0.25) is 9.69 Å². The van der Waals surface area contributed by atoms with Crippen LogP contribution >= 0.6 is 11.3 Å². The van der Waals surface area contributed by atoms with E-state index in [0.717, 1.165) is 36.9 Å². The number of amides is 1. The van der Waals surface area contributed by atoms with Crippen molar-refractivity contribution in [3.8, 4) is 0 Å². The molecule has 0 bridgehead atoms. The molecule has 0 fully saturated rings. The predicted octanol–water partition coefficient (Wildman–Crippen LogP) is 2.77. The van der Waals surface area contributed by atoms with E-state index in [1.54, 1.807) is 11.3 Å². The average molecular weight is 344 g/mol. The highest BCUT2D eigenvalue weighted by Gasteiger charge is 2.21. The van der Waals surface area contributed by atoms with Gasteiger partial charge in [-0.25, -0.2) is 4.98 Å². The van der Waals surface area contributed by atoms with Crippen LogP contribution in [0, 0.1) is 0 Å². The fraction of sp³-hybridized carbons (Fsp3) is 0.444. The quantitative estimate of drug-likeness (QED) is 0.845. The molecule has 1 unspecified atom stereocenters. The lowest BCUT2D eigenvalue weighted by Crippen LogP contribution is -2.29. The van der Waals surface area contributed by atoms with E-state index in [0.29, 0.717) is 12.8 Å². The van der Waals surface area contributed by atoms with Crippen LogP contribution in [0.25, 0.3) is 0 Å². The fourth-order valence-electron chi connectivity index (χ4n) is 2.82. The van der Waals surface area contributed by atoms with Crippen molar-refractivity contribution in [3.63, 3.8) is 0 Å². The van der Waals surface area contributed by atoms with E-state index in [1.807, 2.05) is 13.0 Å². The van der Waals surface area contributed by atoms with Crippen LogP contribution in [-0.4, -0.2) is 28.4 Å². The predicted molar refractivity (Wildman–Crippen MR) is 97.9 cm³/mol. The smallest absolute Gasteiger partial charge is 0.226 e. The summed E-state index contributed by atoms with van der Waals surface area (Å²) in [6.45, 7) is 4.77. The summed E-state index contributed by atoms with van der Waals surface area (Å²) in [6.07, 6.45) is 2.08. The highest BCUT2D eigenvalue weighted by Crippen LogP contribution is 2.29. The molecule has 128 valence electrons. The summed E-state index contributed by atoms with van der Waals surface area (Å²) in [5.41, 5.74) is 8.15. The van der Waals surface area contributed by atoms with E-state index < -0.39 is 0 Å². The number of anilines is 1. The molecule has 0 radical (unpaired) electrons. The Bertz CT molecular complexity index is 684. The minimum absolute atomic E-state index is 0.000427. The third-order valence-electron chi connectivity index (χ3n) is 4.13. The molecule has 0 saturated carbocycles. The summed E-state index contributed by atoms with van der Waals surface area (Å²) in [7, 11) is 0. The van der Waals surface area contributed by atoms with Crippen LogP contribution in [0.1, 0.15) is 35.9 Å². The summed E-state index contributed by atoms with van der Waals surface area (Å²) >= 11 is 1.60. The molecule has 0 aliphatic carbocycles. The molecule has 2 heterocycles. The van der Waals surface area contributed by atoms with E-state index in [2.05, 4.69) is 39.5 Å². The van der Waals surface area contributed by atoms with Crippen molar-refractivity contribution in [2.75, 3.05) is 11.9 Å². The number of thiazole rings is 1. The Balaban J connectivity index is 1.57. The Labute approximate surface area is 146 Å². The molecule has 0 spiro atoms. The maximum absolute atomic E-state index is 11.9. The topological polar surface area (TPSA) is 71.2 Å². The number of carbonyl (C=O) groups excluding carboxylic acids is 1. The fourth-order valence-corrected chi connectivity index (χ4v) is 3.89. The van der Waals surface area contributed by atoms with Gasteiger partial charge < -0.3 is 11.1 Å². The number of hydrogen-bond acceptors (Lipinski definition) is 5. The van der Waals surface area contributed by atoms with E-state index in [9.17, 15) is 4.79 Å². The van der Waals surface area contributed by atoms with Gasteiger partial charge in [-0.1, -0.05) is 30.3 Å². The molecule has 1 aromatic heterocycles. The van der Waals surface area contributed by atoms with Crippen molar-refractivity contribution in [1.82, 2.24) is 9.88 Å². The van der Waals surface area contributed by atoms with Crippen LogP contribution in [0.15, 0.2) is 30.3 Å². The molecular weight excluding hydrogens is 320 g/mol. The Morgan fingerprint density at radius 3 is 2.96 bits per heavy atom. The van der Waals surface area contributed by atoms with Crippen molar-refractivity contribution >= 4 is 22.4 Å². The number of benzene rings is 1. The Kier molecular flexibility index (Phi) is 5.60. The number of nitrogens with zero attached hydrogens (tertiary/aromatic N) is 2. The highest BCUT2D eigenvalue weighted by molar-refractivity contribution is 7.15. The number of fused-ring (bicyclic) bond motifs is 1. The summed E-state index contributed by atoms with van der Waals surface area (Å²) < 4.78 is 0. The van der Waals surface area contributed by atoms with Gasteiger partial charge in [-0.15, -0.1) is 11.3 Å². The van der Waals surface area contributed by atoms with Gasteiger partial charge >= 0.3 is 0 Å². The largest absolute Gasteiger partial charge is 0.328 e. The number of carbonyl (C=O) groups is 1. The summed E-state index contributed by atoms with van der Waals surface area (Å²) in [6, 6.07) is 10.6. The van der Waals surface area contributed by atoms with Gasteiger partial charge in [0.2, 0.25) is 5.91 Å². The summed E-state index contributed by atoms with van der Waals surface area (Å²) in [5.74, 6) is -0.000427. The zero-order chi connectivity index (χ0) is 16.9. The van der Waals surface area contributed by atoms with Crippen molar-refractivity contribution in [1.29, 1.82) is 0 Å². The molecule has 5 nitrogen and oxygen atoms in total. The van der Waals surface area contributed by atoms with Crippen molar-refractivity contribution < 1.29 is 4.79 Å². The number of aromatic nitrogens is 1. The summed E-state index contributed by atoms with van der Waals surface area (Å²) in [5, 5.41) is 3.63. The van der Waals surface area contributed by atoms with Crippen LogP contribution in [0.2, 0.25) is 0 Å². The molecule has 1 amide bonds. The second-order valence-electron chi connectivity index (χ2n) is 6.40. The second kappa shape index (κ2) is 7.88. The average Bonchev–Trinajstić information content (AvgIpc) is 2.95. The van der Waals surface area contributed by atoms with Crippen molar-refractivity contribution in [2.45, 2.75) is 45.3 Å². The van der Waals surface area contributed by atoms with Gasteiger partial charge in [0.1, 0.15) is 0 Å². The number of hydrogen-bond donors (Lipinski definition) is 2. The first kappa shape index (κ1) is 17.1. The third kappa shape index (κ3) is 4.63. The lowest BCUT2D eigenvalue weighted by atomic mass is 10.1. The first-order valence-corrected chi connectivity index (χ1v) is 9.22. The van der Waals surface area contributed by atoms with Gasteiger partial charge in [0.05, 0.1) is 5.69 Å². The van der Waals surface area contributed by atoms with Crippen LogP contribution in [-0.2, 0) is 24.3 Å². The normalized spacial score (nSPS) is 15.8. The SMILES string of the molecule is CC(N)CCC(=O)Nc1nc2c(s1)CN(Cc1ccccc1)CC2. The first-order valence-electron chi connectivity index (χ1n) is 8.40. The van der Waals surface area contributed by atoms with Gasteiger partial charge in [0.25, 0.3) is 0 Å². The first-order chi connectivity index (χ1) is 11.6. The molecule has 3 rings (SSSR count). The number of nitrogens with one attached hydrogen (secondary N) is 1. The molecule has 0 saturated heterocycles. The minimum atomic E-state index is -0.000427. The molecule has 3 N–H and O–H groups in total. The maximum atomic E-state index is 11.9.